The van der Waals surface area contributed by atoms with Crippen molar-refractivity contribution in [1.82, 2.24) is 9.47 Å². The van der Waals surface area contributed by atoms with Crippen LogP contribution in [0.25, 0.3) is 0 Å². The summed E-state index contributed by atoms with van der Waals surface area (Å²) < 4.78 is 21.6. The molecule has 0 saturated carbocycles. The third-order valence-electron chi connectivity index (χ3n) is 5.86. The summed E-state index contributed by atoms with van der Waals surface area (Å²) in [7, 11) is 0. The van der Waals surface area contributed by atoms with Crippen LogP contribution in [0, 0.1) is 5.82 Å². The molecule has 0 aliphatic carbocycles. The first-order valence-corrected chi connectivity index (χ1v) is 11.1. The number of pyridine rings is 1. The number of rotatable bonds is 8. The van der Waals surface area contributed by atoms with E-state index in [1.807, 2.05) is 30.3 Å². The second-order valence-corrected chi connectivity index (χ2v) is 8.34. The van der Waals surface area contributed by atoms with Crippen LogP contribution in [0.3, 0.4) is 0 Å². The van der Waals surface area contributed by atoms with Crippen molar-refractivity contribution in [2.45, 2.75) is 38.6 Å². The lowest BCUT2D eigenvalue weighted by Crippen LogP contribution is -2.35. The van der Waals surface area contributed by atoms with Gasteiger partial charge in [-0.1, -0.05) is 42.5 Å². The number of hydrogen-bond donors (Lipinski definition) is 1. The van der Waals surface area contributed by atoms with Gasteiger partial charge in [0.1, 0.15) is 18.2 Å². The maximum absolute atomic E-state index is 14.6. The van der Waals surface area contributed by atoms with E-state index in [1.165, 1.54) is 22.9 Å². The summed E-state index contributed by atoms with van der Waals surface area (Å²) in [6.45, 7) is 2.04. The zero-order valence-electron chi connectivity index (χ0n) is 18.3. The second-order valence-electron chi connectivity index (χ2n) is 8.34. The van der Waals surface area contributed by atoms with Crippen molar-refractivity contribution >= 4 is 5.78 Å². The van der Waals surface area contributed by atoms with Crippen molar-refractivity contribution in [3.05, 3.63) is 99.7 Å². The fourth-order valence-electron chi connectivity index (χ4n) is 3.86. The number of ether oxygens (including phenoxy) is 1. The van der Waals surface area contributed by atoms with E-state index in [-0.39, 0.29) is 29.6 Å². The number of hydrogen-bond acceptors (Lipinski definition) is 5. The lowest BCUT2D eigenvalue weighted by molar-refractivity contribution is 0.0787. The standard InChI is InChI=1S/C26H27FN2O4/c27-24-14-20(6-7-21(24)16-28-11-8-22(30)9-12-28)25(31)17-29-13-10-23(15-26(29)32)33-18-19-4-2-1-3-5-19/h1-7,10,13-15,22,30H,8-9,11-12,16-18H2. The first-order chi connectivity index (χ1) is 16.0. The van der Waals surface area contributed by atoms with Crippen LogP contribution >= 0.6 is 0 Å². The van der Waals surface area contributed by atoms with Crippen molar-refractivity contribution in [2.75, 3.05) is 13.1 Å². The van der Waals surface area contributed by atoms with Crippen LogP contribution in [0.5, 0.6) is 5.75 Å². The molecule has 1 aliphatic heterocycles. The van der Waals surface area contributed by atoms with Gasteiger partial charge in [0.15, 0.2) is 5.78 Å². The predicted octanol–water partition coefficient (Wildman–Crippen LogP) is 3.41. The number of aliphatic hydroxyl groups excluding tert-OH is 1. The minimum absolute atomic E-state index is 0.180. The SMILES string of the molecule is O=C(Cn1ccc(OCc2ccccc2)cc1=O)c1ccc(CN2CCC(O)CC2)c(F)c1. The smallest absolute Gasteiger partial charge is 0.254 e. The average molecular weight is 451 g/mol. The summed E-state index contributed by atoms with van der Waals surface area (Å²) >= 11 is 0. The van der Waals surface area contributed by atoms with Crippen molar-refractivity contribution < 1.29 is 19.0 Å². The molecule has 1 N–H and O–H groups in total. The number of carbonyl (C=O) groups excluding carboxylic acids is 1. The van der Waals surface area contributed by atoms with Gasteiger partial charge in [0, 0.05) is 43.0 Å². The largest absolute Gasteiger partial charge is 0.489 e. The number of Topliss-reactive ketones (excluding diaryl/α,β-unsaturated/α-hetero) is 1. The van der Waals surface area contributed by atoms with Gasteiger partial charge in [0.25, 0.3) is 5.56 Å². The lowest BCUT2D eigenvalue weighted by Gasteiger charge is -2.29. The van der Waals surface area contributed by atoms with E-state index in [4.69, 9.17) is 4.74 Å². The van der Waals surface area contributed by atoms with E-state index in [2.05, 4.69) is 4.90 Å². The fourth-order valence-corrected chi connectivity index (χ4v) is 3.86. The third-order valence-corrected chi connectivity index (χ3v) is 5.86. The molecule has 0 amide bonds. The van der Waals surface area contributed by atoms with Gasteiger partial charge >= 0.3 is 0 Å². The van der Waals surface area contributed by atoms with E-state index in [0.29, 0.717) is 37.3 Å². The number of aliphatic hydroxyl groups is 1. The number of halogens is 1. The highest BCUT2D eigenvalue weighted by Gasteiger charge is 2.19. The number of nitrogens with zero attached hydrogens (tertiary/aromatic N) is 2. The summed E-state index contributed by atoms with van der Waals surface area (Å²) in [5.41, 5.74) is 1.36. The number of piperidine rings is 1. The summed E-state index contributed by atoms with van der Waals surface area (Å²) in [5.74, 6) is -0.362. The van der Waals surface area contributed by atoms with Gasteiger partial charge in [-0.2, -0.15) is 0 Å². The number of ketones is 1. The molecule has 2 heterocycles. The number of benzene rings is 2. The Hall–Kier alpha value is -3.29. The minimum atomic E-state index is -0.441. The van der Waals surface area contributed by atoms with Gasteiger partial charge in [-0.3, -0.25) is 14.5 Å². The molecule has 0 atom stereocenters. The van der Waals surface area contributed by atoms with Crippen LogP contribution in [0.15, 0.2) is 71.7 Å². The van der Waals surface area contributed by atoms with Crippen LogP contribution < -0.4 is 10.3 Å². The Morgan fingerprint density at radius 1 is 1.06 bits per heavy atom. The molecule has 4 rings (SSSR count). The Labute approximate surface area is 191 Å². The molecule has 1 saturated heterocycles. The monoisotopic (exact) mass is 450 g/mol. The second kappa shape index (κ2) is 10.6. The average Bonchev–Trinajstić information content (AvgIpc) is 2.82. The van der Waals surface area contributed by atoms with Crippen LogP contribution in [0.1, 0.15) is 34.3 Å². The van der Waals surface area contributed by atoms with E-state index in [9.17, 15) is 19.1 Å². The van der Waals surface area contributed by atoms with Gasteiger partial charge < -0.3 is 14.4 Å². The maximum atomic E-state index is 14.6. The van der Waals surface area contributed by atoms with E-state index in [1.54, 1.807) is 18.2 Å². The molecular formula is C26H27FN2O4. The molecule has 1 aliphatic rings. The minimum Gasteiger partial charge on any atom is -0.489 e. The number of aromatic nitrogens is 1. The van der Waals surface area contributed by atoms with E-state index in [0.717, 1.165) is 18.7 Å². The fraction of sp³-hybridized carbons (Fsp3) is 0.308. The predicted molar refractivity (Wildman–Crippen MR) is 123 cm³/mol. The zero-order chi connectivity index (χ0) is 23.2. The summed E-state index contributed by atoms with van der Waals surface area (Å²) in [5, 5.41) is 9.61. The van der Waals surface area contributed by atoms with Crippen LogP contribution in [-0.2, 0) is 19.7 Å². The Morgan fingerprint density at radius 3 is 2.52 bits per heavy atom. The number of likely N-dealkylation sites (tertiary alicyclic amines) is 1. The quantitative estimate of drug-likeness (QED) is 0.533. The zero-order valence-corrected chi connectivity index (χ0v) is 18.3. The van der Waals surface area contributed by atoms with Gasteiger partial charge in [-0.15, -0.1) is 0 Å². The Balaban J connectivity index is 1.36. The highest BCUT2D eigenvalue weighted by Crippen LogP contribution is 2.18. The molecule has 1 aromatic heterocycles. The van der Waals surface area contributed by atoms with Gasteiger partial charge in [0.2, 0.25) is 0 Å². The van der Waals surface area contributed by atoms with Crippen molar-refractivity contribution in [2.24, 2.45) is 0 Å². The highest BCUT2D eigenvalue weighted by atomic mass is 19.1. The topological polar surface area (TPSA) is 71.8 Å². The third kappa shape index (κ3) is 6.15. The summed E-state index contributed by atoms with van der Waals surface area (Å²) in [6, 6.07) is 17.0. The van der Waals surface area contributed by atoms with E-state index < -0.39 is 5.82 Å². The Bertz CT molecular complexity index is 1150. The van der Waals surface area contributed by atoms with E-state index >= 15 is 0 Å². The molecule has 1 fully saturated rings. The normalized spacial score (nSPS) is 14.8. The molecule has 2 aromatic carbocycles. The van der Waals surface area contributed by atoms with Crippen molar-refractivity contribution in [3.63, 3.8) is 0 Å². The summed E-state index contributed by atoms with van der Waals surface area (Å²) in [4.78, 5) is 27.2. The first kappa shape index (κ1) is 22.9. The van der Waals surface area contributed by atoms with Crippen LogP contribution in [0.4, 0.5) is 4.39 Å². The number of carbonyl (C=O) groups is 1. The van der Waals surface area contributed by atoms with Crippen LogP contribution in [-0.4, -0.2) is 39.6 Å². The molecular weight excluding hydrogens is 423 g/mol. The van der Waals surface area contributed by atoms with Gasteiger partial charge in [-0.25, -0.2) is 4.39 Å². The molecule has 7 heteroatoms. The Kier molecular flexibility index (Phi) is 7.32. The first-order valence-electron chi connectivity index (χ1n) is 11.1. The summed E-state index contributed by atoms with van der Waals surface area (Å²) in [6.07, 6.45) is 2.60. The lowest BCUT2D eigenvalue weighted by atomic mass is 10.0. The highest BCUT2D eigenvalue weighted by molar-refractivity contribution is 5.95. The van der Waals surface area contributed by atoms with Crippen molar-refractivity contribution in [3.8, 4) is 5.75 Å². The maximum Gasteiger partial charge on any atom is 0.254 e. The molecule has 0 unspecified atom stereocenters. The molecule has 0 spiro atoms. The van der Waals surface area contributed by atoms with Crippen molar-refractivity contribution in [1.29, 1.82) is 0 Å². The molecule has 0 bridgehead atoms. The molecule has 33 heavy (non-hydrogen) atoms. The molecule has 3 aromatic rings. The Morgan fingerprint density at radius 2 is 1.82 bits per heavy atom. The van der Waals surface area contributed by atoms with Gasteiger partial charge in [0.05, 0.1) is 12.6 Å². The molecule has 172 valence electrons. The van der Waals surface area contributed by atoms with Gasteiger partial charge in [-0.05, 0) is 30.5 Å². The molecule has 6 nitrogen and oxygen atoms in total. The van der Waals surface area contributed by atoms with Crippen LogP contribution in [0.2, 0.25) is 0 Å². The molecule has 0 radical (unpaired) electrons.